The molecular formula is C34H34ClN3O4. The van der Waals surface area contributed by atoms with Crippen molar-refractivity contribution in [3.63, 3.8) is 0 Å². The van der Waals surface area contributed by atoms with Crippen LogP contribution >= 0.6 is 11.6 Å². The minimum Gasteiger partial charge on any atom is -0.493 e. The first-order valence-corrected chi connectivity index (χ1v) is 15.1. The van der Waals surface area contributed by atoms with Crippen molar-refractivity contribution < 1.29 is 19.4 Å². The molecule has 2 aromatic heterocycles. The normalized spacial score (nSPS) is 18.3. The van der Waals surface area contributed by atoms with E-state index < -0.39 is 5.97 Å². The second-order valence-corrected chi connectivity index (χ2v) is 12.0. The summed E-state index contributed by atoms with van der Waals surface area (Å²) in [5.41, 5.74) is 5.66. The number of benzene rings is 3. The lowest BCUT2D eigenvalue weighted by atomic mass is 9.74. The van der Waals surface area contributed by atoms with Crippen LogP contribution in [0, 0.1) is 18.8 Å². The van der Waals surface area contributed by atoms with E-state index in [1.807, 2.05) is 59.6 Å². The predicted octanol–water partition coefficient (Wildman–Crippen LogP) is 7.42. The number of carboxylic acid groups (broad SMARTS) is 1. The number of halogens is 1. The summed E-state index contributed by atoms with van der Waals surface area (Å²) in [7, 11) is 1.92. The van der Waals surface area contributed by atoms with Crippen LogP contribution in [0.25, 0.3) is 32.8 Å². The maximum Gasteiger partial charge on any atom is 0.352 e. The molecule has 216 valence electrons. The molecule has 3 heterocycles. The maximum absolute atomic E-state index is 13.0. The smallest absolute Gasteiger partial charge is 0.352 e. The minimum absolute atomic E-state index is 0.353. The Morgan fingerprint density at radius 3 is 2.69 bits per heavy atom. The third-order valence-electron chi connectivity index (χ3n) is 9.28. The SMILES string of the molecule is Cc1c2c(nn1C)COCC1CCC1Cn1c(C(=O)O)c(CCCOc3cccc4ccccc34)c3ccc(Cl)c-2c31. The molecule has 7 rings (SSSR count). The Hall–Kier alpha value is -3.81. The number of rotatable bonds is 6. The second kappa shape index (κ2) is 10.8. The van der Waals surface area contributed by atoms with Gasteiger partial charge in [-0.1, -0.05) is 54.1 Å². The van der Waals surface area contributed by atoms with Gasteiger partial charge in [-0.25, -0.2) is 4.79 Å². The van der Waals surface area contributed by atoms with Crippen LogP contribution in [-0.4, -0.2) is 38.6 Å². The lowest BCUT2D eigenvalue weighted by Gasteiger charge is -2.37. The number of aromatic nitrogens is 3. The van der Waals surface area contributed by atoms with Crippen LogP contribution < -0.4 is 4.74 Å². The van der Waals surface area contributed by atoms with Gasteiger partial charge in [0.25, 0.3) is 0 Å². The highest BCUT2D eigenvalue weighted by Gasteiger charge is 2.36. The molecule has 0 radical (unpaired) electrons. The van der Waals surface area contributed by atoms with Crippen molar-refractivity contribution in [2.24, 2.45) is 18.9 Å². The lowest BCUT2D eigenvalue weighted by Crippen LogP contribution is -2.34. The van der Waals surface area contributed by atoms with E-state index in [0.717, 1.165) is 68.3 Å². The van der Waals surface area contributed by atoms with E-state index in [4.69, 9.17) is 26.2 Å². The van der Waals surface area contributed by atoms with Gasteiger partial charge in [0.15, 0.2) is 0 Å². The first-order chi connectivity index (χ1) is 20.4. The molecule has 42 heavy (non-hydrogen) atoms. The largest absolute Gasteiger partial charge is 0.493 e. The Bertz CT molecular complexity index is 1830. The summed E-state index contributed by atoms with van der Waals surface area (Å²) in [6, 6.07) is 18.1. The van der Waals surface area contributed by atoms with Crippen molar-refractivity contribution in [2.75, 3.05) is 13.2 Å². The van der Waals surface area contributed by atoms with Gasteiger partial charge in [-0.05, 0) is 67.5 Å². The molecule has 0 bridgehead atoms. The van der Waals surface area contributed by atoms with Gasteiger partial charge in [-0.15, -0.1) is 0 Å². The van der Waals surface area contributed by atoms with Crippen LogP contribution in [-0.2, 0) is 31.4 Å². The van der Waals surface area contributed by atoms with Gasteiger partial charge in [0.05, 0.1) is 36.1 Å². The fraction of sp³-hybridized carbons (Fsp3) is 0.353. The molecule has 1 fully saturated rings. The Kier molecular flexibility index (Phi) is 6.95. The van der Waals surface area contributed by atoms with E-state index in [1.165, 1.54) is 0 Å². The summed E-state index contributed by atoms with van der Waals surface area (Å²) in [5.74, 6) is 0.681. The summed E-state index contributed by atoms with van der Waals surface area (Å²) in [5, 5.41) is 19.2. The Labute approximate surface area is 249 Å². The van der Waals surface area contributed by atoms with Crippen LogP contribution in [0.4, 0.5) is 0 Å². The molecular weight excluding hydrogens is 550 g/mol. The van der Waals surface area contributed by atoms with Crippen molar-refractivity contribution in [3.8, 4) is 16.9 Å². The average molecular weight is 584 g/mol. The number of carbonyl (C=O) groups is 1. The first-order valence-electron chi connectivity index (χ1n) is 14.7. The third kappa shape index (κ3) is 4.46. The van der Waals surface area contributed by atoms with Crippen molar-refractivity contribution >= 4 is 39.2 Å². The molecule has 1 saturated carbocycles. The first kappa shape index (κ1) is 27.0. The van der Waals surface area contributed by atoms with Crippen molar-refractivity contribution in [2.45, 2.75) is 45.8 Å². The highest BCUT2D eigenvalue weighted by atomic mass is 35.5. The minimum atomic E-state index is -0.914. The number of hydrogen-bond acceptors (Lipinski definition) is 4. The zero-order valence-corrected chi connectivity index (χ0v) is 24.7. The van der Waals surface area contributed by atoms with E-state index in [0.29, 0.717) is 61.8 Å². The number of aryl methyl sites for hydroxylation is 2. The number of ether oxygens (including phenoxy) is 2. The molecule has 1 N–H and O–H groups in total. The average Bonchev–Trinajstić information content (AvgIpc) is 3.43. The van der Waals surface area contributed by atoms with Gasteiger partial charge in [0.1, 0.15) is 11.4 Å². The Morgan fingerprint density at radius 2 is 1.88 bits per heavy atom. The highest BCUT2D eigenvalue weighted by Crippen LogP contribution is 2.45. The van der Waals surface area contributed by atoms with Crippen LogP contribution in [0.15, 0.2) is 54.6 Å². The molecule has 2 aliphatic rings. The number of hydrogen-bond donors (Lipinski definition) is 1. The van der Waals surface area contributed by atoms with Crippen LogP contribution in [0.1, 0.15) is 46.7 Å². The van der Waals surface area contributed by atoms with E-state index in [1.54, 1.807) is 0 Å². The molecule has 2 atom stereocenters. The van der Waals surface area contributed by atoms with E-state index >= 15 is 0 Å². The molecule has 5 aromatic rings. The lowest BCUT2D eigenvalue weighted by molar-refractivity contribution is 0.0165. The summed E-state index contributed by atoms with van der Waals surface area (Å²) in [4.78, 5) is 13.0. The number of fused-ring (bicyclic) bond motifs is 4. The molecule has 0 amide bonds. The van der Waals surface area contributed by atoms with Gasteiger partial charge in [-0.3, -0.25) is 4.68 Å². The zero-order chi connectivity index (χ0) is 29.0. The molecule has 0 saturated heterocycles. The zero-order valence-electron chi connectivity index (χ0n) is 23.9. The number of carboxylic acids is 1. The van der Waals surface area contributed by atoms with E-state index in [2.05, 4.69) is 18.2 Å². The van der Waals surface area contributed by atoms with Crippen molar-refractivity contribution in [3.05, 3.63) is 82.3 Å². The summed E-state index contributed by atoms with van der Waals surface area (Å²) in [6.45, 7) is 4.18. The fourth-order valence-corrected chi connectivity index (χ4v) is 7.15. The summed E-state index contributed by atoms with van der Waals surface area (Å²) < 4.78 is 16.3. The van der Waals surface area contributed by atoms with Crippen LogP contribution in [0.3, 0.4) is 0 Å². The van der Waals surface area contributed by atoms with Crippen LogP contribution in [0.5, 0.6) is 5.75 Å². The van der Waals surface area contributed by atoms with Gasteiger partial charge in [0, 0.05) is 41.2 Å². The highest BCUT2D eigenvalue weighted by molar-refractivity contribution is 6.35. The van der Waals surface area contributed by atoms with Crippen molar-refractivity contribution in [1.82, 2.24) is 14.3 Å². The predicted molar refractivity (Wildman–Crippen MR) is 164 cm³/mol. The quantitative estimate of drug-likeness (QED) is 0.210. The van der Waals surface area contributed by atoms with Gasteiger partial charge >= 0.3 is 5.97 Å². The molecule has 8 heteroatoms. The van der Waals surface area contributed by atoms with Gasteiger partial charge in [-0.2, -0.15) is 5.10 Å². The number of nitrogens with zero attached hydrogens (tertiary/aromatic N) is 3. The van der Waals surface area contributed by atoms with Gasteiger partial charge in [0.2, 0.25) is 0 Å². The van der Waals surface area contributed by atoms with Crippen LogP contribution in [0.2, 0.25) is 5.02 Å². The summed E-state index contributed by atoms with van der Waals surface area (Å²) in [6.07, 6.45) is 3.40. The molecule has 1 aliphatic heterocycles. The van der Waals surface area contributed by atoms with E-state index in [-0.39, 0.29) is 0 Å². The third-order valence-corrected chi connectivity index (χ3v) is 9.59. The number of aromatic carboxylic acids is 1. The Balaban J connectivity index is 1.32. The maximum atomic E-state index is 13.0. The summed E-state index contributed by atoms with van der Waals surface area (Å²) >= 11 is 6.98. The van der Waals surface area contributed by atoms with E-state index in [9.17, 15) is 9.90 Å². The molecule has 0 spiro atoms. The van der Waals surface area contributed by atoms with Gasteiger partial charge < -0.3 is 19.1 Å². The second-order valence-electron chi connectivity index (χ2n) is 11.6. The monoisotopic (exact) mass is 583 g/mol. The topological polar surface area (TPSA) is 78.5 Å². The molecule has 2 unspecified atom stereocenters. The fourth-order valence-electron chi connectivity index (χ4n) is 6.91. The van der Waals surface area contributed by atoms with Crippen molar-refractivity contribution in [1.29, 1.82) is 0 Å². The Morgan fingerprint density at radius 1 is 1.07 bits per heavy atom. The molecule has 3 aromatic carbocycles. The molecule has 1 aliphatic carbocycles. The molecule has 7 nitrogen and oxygen atoms in total. The standard InChI is InChI=1S/C34H34ClN3O4/c1-20-30-28(36-37(20)2)19-41-18-23-13-12-22(23)17-38-32-26(14-15-27(35)31(30)32)25(33(38)34(39)40)10-6-16-42-29-11-5-8-21-7-3-4-9-24(21)29/h3-5,7-9,11,14-15,22-23H,6,10,12-13,16-19H2,1-2H3,(H,39,40).